The van der Waals surface area contributed by atoms with Crippen molar-refractivity contribution in [1.82, 2.24) is 15.3 Å². The minimum atomic E-state index is -4.73. The number of benzene rings is 2. The van der Waals surface area contributed by atoms with E-state index in [2.05, 4.69) is 25.3 Å². The number of halogens is 3. The van der Waals surface area contributed by atoms with Gasteiger partial charge in [-0.1, -0.05) is 0 Å². The van der Waals surface area contributed by atoms with Crippen LogP contribution in [-0.4, -0.2) is 34.9 Å². The largest absolute Gasteiger partial charge is 0.573 e. The minimum Gasteiger partial charge on any atom is -0.484 e. The van der Waals surface area contributed by atoms with E-state index in [1.54, 1.807) is 18.2 Å². The van der Waals surface area contributed by atoms with E-state index in [0.717, 1.165) is 12.8 Å². The second kappa shape index (κ2) is 7.53. The van der Waals surface area contributed by atoms with Gasteiger partial charge in [-0.15, -0.1) is 13.2 Å². The summed E-state index contributed by atoms with van der Waals surface area (Å²) in [5, 5.41) is 5.82. The molecular weight excluding hydrogens is 389 g/mol. The van der Waals surface area contributed by atoms with E-state index in [4.69, 9.17) is 4.74 Å². The van der Waals surface area contributed by atoms with Gasteiger partial charge in [0.05, 0.1) is 11.0 Å². The molecule has 0 spiro atoms. The van der Waals surface area contributed by atoms with Crippen LogP contribution in [0.3, 0.4) is 0 Å². The van der Waals surface area contributed by atoms with E-state index < -0.39 is 6.36 Å². The van der Waals surface area contributed by atoms with Gasteiger partial charge in [-0.3, -0.25) is 4.79 Å². The first-order valence-corrected chi connectivity index (χ1v) is 8.89. The van der Waals surface area contributed by atoms with Crippen LogP contribution in [0.2, 0.25) is 0 Å². The molecule has 3 aromatic rings. The van der Waals surface area contributed by atoms with Crippen LogP contribution in [-0.2, 0) is 4.79 Å². The normalized spacial score (nSPS) is 13.9. The first kappa shape index (κ1) is 18.9. The van der Waals surface area contributed by atoms with E-state index >= 15 is 0 Å². The number of ether oxygens (including phenoxy) is 2. The van der Waals surface area contributed by atoms with Gasteiger partial charge in [0.2, 0.25) is 5.95 Å². The average molecular weight is 406 g/mol. The second-order valence-electron chi connectivity index (χ2n) is 6.59. The SMILES string of the molecule is O=C(COc1ccc2nc(Nc3ccc(OC(F)(F)F)cc3)[nH]c2c1)NC1CC1. The maximum Gasteiger partial charge on any atom is 0.573 e. The van der Waals surface area contributed by atoms with Crippen LogP contribution < -0.4 is 20.1 Å². The summed E-state index contributed by atoms with van der Waals surface area (Å²) in [6, 6.07) is 10.8. The molecule has 7 nitrogen and oxygen atoms in total. The molecule has 10 heteroatoms. The van der Waals surface area contributed by atoms with Gasteiger partial charge in [0.25, 0.3) is 5.91 Å². The average Bonchev–Trinajstić information content (AvgIpc) is 3.37. The van der Waals surface area contributed by atoms with Crippen LogP contribution in [0, 0.1) is 0 Å². The Hall–Kier alpha value is -3.43. The van der Waals surface area contributed by atoms with E-state index in [-0.39, 0.29) is 24.3 Å². The highest BCUT2D eigenvalue weighted by atomic mass is 19.4. The fourth-order valence-corrected chi connectivity index (χ4v) is 2.66. The summed E-state index contributed by atoms with van der Waals surface area (Å²) in [4.78, 5) is 19.1. The molecule has 0 bridgehead atoms. The first-order chi connectivity index (χ1) is 13.8. The Bertz CT molecular complexity index is 1010. The molecule has 1 aliphatic rings. The molecule has 0 unspecified atom stereocenters. The predicted octanol–water partition coefficient (Wildman–Crippen LogP) is 3.86. The number of H-pyrrole nitrogens is 1. The molecule has 152 valence electrons. The fourth-order valence-electron chi connectivity index (χ4n) is 2.66. The van der Waals surface area contributed by atoms with Crippen LogP contribution in [0.25, 0.3) is 11.0 Å². The molecule has 1 saturated carbocycles. The van der Waals surface area contributed by atoms with Crippen LogP contribution >= 0.6 is 0 Å². The van der Waals surface area contributed by atoms with Gasteiger partial charge in [0.1, 0.15) is 11.5 Å². The summed E-state index contributed by atoms with van der Waals surface area (Å²) in [6.45, 7) is -0.0619. The van der Waals surface area contributed by atoms with Crippen molar-refractivity contribution in [2.45, 2.75) is 25.2 Å². The van der Waals surface area contributed by atoms with Gasteiger partial charge in [-0.05, 0) is 49.2 Å². The highest BCUT2D eigenvalue weighted by Crippen LogP contribution is 2.26. The van der Waals surface area contributed by atoms with Crippen molar-refractivity contribution >= 4 is 28.6 Å². The number of nitrogens with one attached hydrogen (secondary N) is 3. The Morgan fingerprint density at radius 3 is 2.55 bits per heavy atom. The maximum atomic E-state index is 12.2. The highest BCUT2D eigenvalue weighted by molar-refractivity contribution is 5.81. The molecule has 4 rings (SSSR count). The van der Waals surface area contributed by atoms with Crippen LogP contribution in [0.15, 0.2) is 42.5 Å². The van der Waals surface area contributed by atoms with Gasteiger partial charge in [-0.2, -0.15) is 0 Å². The third kappa shape index (κ3) is 5.31. The molecule has 29 heavy (non-hydrogen) atoms. The van der Waals surface area contributed by atoms with Gasteiger partial charge in [0.15, 0.2) is 6.61 Å². The van der Waals surface area contributed by atoms with E-state index in [9.17, 15) is 18.0 Å². The fraction of sp³-hybridized carbons (Fsp3) is 0.263. The van der Waals surface area contributed by atoms with Crippen molar-refractivity contribution in [3.8, 4) is 11.5 Å². The highest BCUT2D eigenvalue weighted by Gasteiger charge is 2.31. The van der Waals surface area contributed by atoms with Crippen molar-refractivity contribution in [3.05, 3.63) is 42.5 Å². The molecule has 0 atom stereocenters. The standard InChI is InChI=1S/C19H17F3N4O3/c20-19(21,22)29-13-5-3-12(4-6-13)24-18-25-15-8-7-14(9-16(15)26-18)28-10-17(27)23-11-1-2-11/h3-9,11H,1-2,10H2,(H,23,27)(H2,24,25,26). The maximum absolute atomic E-state index is 12.2. The quantitative estimate of drug-likeness (QED) is 0.555. The second-order valence-corrected chi connectivity index (χ2v) is 6.59. The summed E-state index contributed by atoms with van der Waals surface area (Å²) in [5.74, 6) is 0.470. The molecule has 1 aromatic heterocycles. The first-order valence-electron chi connectivity index (χ1n) is 8.89. The van der Waals surface area contributed by atoms with Crippen LogP contribution in [0.5, 0.6) is 11.5 Å². The number of carbonyl (C=O) groups excluding carboxylic acids is 1. The molecular formula is C19H17F3N4O3. The number of imidazole rings is 1. The lowest BCUT2D eigenvalue weighted by atomic mass is 10.3. The number of nitrogens with zero attached hydrogens (tertiary/aromatic N) is 1. The number of amides is 1. The summed E-state index contributed by atoms with van der Waals surface area (Å²) >= 11 is 0. The van der Waals surface area contributed by atoms with Crippen molar-refractivity contribution < 1.29 is 27.4 Å². The van der Waals surface area contributed by atoms with Gasteiger partial charge in [0, 0.05) is 17.8 Å². The smallest absolute Gasteiger partial charge is 0.484 e. The number of hydrogen-bond acceptors (Lipinski definition) is 5. The van der Waals surface area contributed by atoms with Gasteiger partial charge >= 0.3 is 6.36 Å². The van der Waals surface area contributed by atoms with Crippen molar-refractivity contribution in [2.75, 3.05) is 11.9 Å². The van der Waals surface area contributed by atoms with Crippen molar-refractivity contribution in [3.63, 3.8) is 0 Å². The molecule has 1 fully saturated rings. The zero-order valence-electron chi connectivity index (χ0n) is 15.0. The lowest BCUT2D eigenvalue weighted by Gasteiger charge is -2.09. The molecule has 0 radical (unpaired) electrons. The summed E-state index contributed by atoms with van der Waals surface area (Å²) < 4.78 is 46.0. The zero-order valence-corrected chi connectivity index (χ0v) is 15.0. The number of anilines is 2. The molecule has 1 amide bonds. The molecule has 1 aliphatic carbocycles. The summed E-state index contributed by atoms with van der Waals surface area (Å²) in [6.07, 6.45) is -2.70. The predicted molar refractivity (Wildman–Crippen MR) is 99.2 cm³/mol. The van der Waals surface area contributed by atoms with E-state index in [1.807, 2.05) is 0 Å². The van der Waals surface area contributed by atoms with Gasteiger partial charge in [-0.25, -0.2) is 4.98 Å². The van der Waals surface area contributed by atoms with E-state index in [1.165, 1.54) is 24.3 Å². The van der Waals surface area contributed by atoms with Crippen molar-refractivity contribution in [2.24, 2.45) is 0 Å². The van der Waals surface area contributed by atoms with E-state index in [0.29, 0.717) is 28.4 Å². The Labute approximate surface area is 163 Å². The summed E-state index contributed by atoms with van der Waals surface area (Å²) in [5.41, 5.74) is 1.88. The number of alkyl halides is 3. The third-order valence-corrected chi connectivity index (χ3v) is 4.12. The number of fused-ring (bicyclic) bond motifs is 1. The van der Waals surface area contributed by atoms with Crippen LogP contribution in [0.4, 0.5) is 24.8 Å². The third-order valence-electron chi connectivity index (χ3n) is 4.12. The molecule has 0 aliphatic heterocycles. The Morgan fingerprint density at radius 2 is 1.86 bits per heavy atom. The number of rotatable bonds is 7. The van der Waals surface area contributed by atoms with Crippen molar-refractivity contribution in [1.29, 1.82) is 0 Å². The number of carbonyl (C=O) groups is 1. The van der Waals surface area contributed by atoms with Gasteiger partial charge < -0.3 is 25.1 Å². The molecule has 1 heterocycles. The monoisotopic (exact) mass is 406 g/mol. The lowest BCUT2D eigenvalue weighted by molar-refractivity contribution is -0.274. The molecule has 2 aromatic carbocycles. The Balaban J connectivity index is 1.38. The number of aromatic nitrogens is 2. The Morgan fingerprint density at radius 1 is 1.14 bits per heavy atom. The Kier molecular flexibility index (Phi) is 4.91. The minimum absolute atomic E-state index is 0.0619. The lowest BCUT2D eigenvalue weighted by Crippen LogP contribution is -2.30. The molecule has 0 saturated heterocycles. The number of aromatic amines is 1. The number of hydrogen-bond donors (Lipinski definition) is 3. The molecule has 3 N–H and O–H groups in total. The summed E-state index contributed by atoms with van der Waals surface area (Å²) in [7, 11) is 0. The topological polar surface area (TPSA) is 88.3 Å². The van der Waals surface area contributed by atoms with Crippen LogP contribution in [0.1, 0.15) is 12.8 Å². The zero-order chi connectivity index (χ0) is 20.4.